The van der Waals surface area contributed by atoms with E-state index in [0.717, 1.165) is 11.3 Å². The van der Waals surface area contributed by atoms with Gasteiger partial charge >= 0.3 is 0 Å². The van der Waals surface area contributed by atoms with Crippen LogP contribution in [0.5, 0.6) is 0 Å². The number of carbonyl (C=O) groups is 1. The molecule has 0 atom stereocenters. The molecule has 0 spiro atoms. The van der Waals surface area contributed by atoms with Crippen molar-refractivity contribution in [3.8, 4) is 5.69 Å². The predicted octanol–water partition coefficient (Wildman–Crippen LogP) is 4.32. The molecular weight excluding hydrogens is 386 g/mol. The maximum absolute atomic E-state index is 12.7. The average molecular weight is 412 g/mol. The van der Waals surface area contributed by atoms with Gasteiger partial charge < -0.3 is 5.32 Å². The van der Waals surface area contributed by atoms with Gasteiger partial charge in [0.05, 0.1) is 11.1 Å². The van der Waals surface area contributed by atoms with Gasteiger partial charge in [-0.3, -0.25) is 4.79 Å². The topological polar surface area (TPSA) is 72.7 Å². The molecule has 0 fully saturated rings. The fraction of sp³-hybridized carbons (Fsp3) is 0.364. The number of nitrogens with one attached hydrogen (secondary N) is 1. The van der Waals surface area contributed by atoms with Gasteiger partial charge in [0, 0.05) is 18.0 Å². The van der Waals surface area contributed by atoms with Gasteiger partial charge in [-0.1, -0.05) is 69.6 Å². The molecule has 2 aromatic carbocycles. The maximum Gasteiger partial charge on any atom is 0.226 e. The molecule has 0 aliphatic heterocycles. The first-order chi connectivity index (χ1) is 13.8. The Morgan fingerprint density at radius 2 is 1.83 bits per heavy atom. The van der Waals surface area contributed by atoms with Gasteiger partial charge in [-0.05, 0) is 40.5 Å². The zero-order valence-corrected chi connectivity index (χ0v) is 17.9. The third kappa shape index (κ3) is 5.21. The largest absolute Gasteiger partial charge is 0.351 e. The van der Waals surface area contributed by atoms with Crippen molar-refractivity contribution < 1.29 is 4.79 Å². The third-order valence-corrected chi connectivity index (χ3v) is 5.23. The van der Waals surface area contributed by atoms with Crippen LogP contribution in [0.25, 0.3) is 5.69 Å². The minimum absolute atomic E-state index is 0.0879. The Morgan fingerprint density at radius 1 is 1.14 bits per heavy atom. The second-order valence-electron chi connectivity index (χ2n) is 8.08. The van der Waals surface area contributed by atoms with E-state index in [1.165, 1.54) is 10.4 Å². The molecule has 0 saturated heterocycles. The molecule has 6 nitrogen and oxygen atoms in total. The first-order valence-corrected chi connectivity index (χ1v) is 10.0. The fourth-order valence-electron chi connectivity index (χ4n) is 2.95. The van der Waals surface area contributed by atoms with Crippen LogP contribution in [-0.4, -0.2) is 26.1 Å². The van der Waals surface area contributed by atoms with E-state index >= 15 is 0 Å². The molecule has 0 radical (unpaired) electrons. The molecule has 3 rings (SSSR count). The molecule has 0 aliphatic rings. The summed E-state index contributed by atoms with van der Waals surface area (Å²) < 4.78 is 0. The van der Waals surface area contributed by atoms with E-state index < -0.39 is 5.41 Å². The molecule has 1 N–H and O–H groups in total. The maximum atomic E-state index is 12.7. The summed E-state index contributed by atoms with van der Waals surface area (Å²) >= 11 is 6.16. The van der Waals surface area contributed by atoms with Gasteiger partial charge in [-0.15, -0.1) is 15.0 Å². The number of aromatic nitrogens is 4. The molecule has 1 amide bonds. The summed E-state index contributed by atoms with van der Waals surface area (Å²) in [4.78, 5) is 14.2. The standard InChI is InChI=1S/C22H26ClN5O/c1-15(2)16-9-11-18(12-10-16)28-26-20(25-27-28)13-22(3,4)21(29)24-14-17-7-5-6-8-19(17)23/h5-12,15H,13-14H2,1-4H3,(H,24,29). The van der Waals surface area contributed by atoms with E-state index in [4.69, 9.17) is 11.6 Å². The van der Waals surface area contributed by atoms with Crippen LogP contribution in [0.4, 0.5) is 0 Å². The minimum atomic E-state index is -0.684. The van der Waals surface area contributed by atoms with E-state index in [-0.39, 0.29) is 5.91 Å². The number of benzene rings is 2. The van der Waals surface area contributed by atoms with Gasteiger partial charge in [0.1, 0.15) is 0 Å². The van der Waals surface area contributed by atoms with Gasteiger partial charge in [0.15, 0.2) is 5.82 Å². The molecule has 1 aromatic heterocycles. The molecular formula is C22H26ClN5O. The number of hydrogen-bond donors (Lipinski definition) is 1. The van der Waals surface area contributed by atoms with Gasteiger partial charge in [-0.2, -0.15) is 0 Å². The Kier molecular flexibility index (Phi) is 6.33. The molecule has 29 heavy (non-hydrogen) atoms. The molecule has 1 heterocycles. The molecule has 0 unspecified atom stereocenters. The highest BCUT2D eigenvalue weighted by molar-refractivity contribution is 6.31. The quantitative estimate of drug-likeness (QED) is 0.628. The molecule has 0 saturated carbocycles. The van der Waals surface area contributed by atoms with Crippen molar-refractivity contribution in [3.63, 3.8) is 0 Å². The van der Waals surface area contributed by atoms with E-state index in [2.05, 4.69) is 46.7 Å². The molecule has 3 aromatic rings. The van der Waals surface area contributed by atoms with Crippen LogP contribution < -0.4 is 5.32 Å². The fourth-order valence-corrected chi connectivity index (χ4v) is 3.15. The normalized spacial score (nSPS) is 11.7. The summed E-state index contributed by atoms with van der Waals surface area (Å²) in [5.74, 6) is 0.902. The van der Waals surface area contributed by atoms with Crippen LogP contribution in [0.3, 0.4) is 0 Å². The smallest absolute Gasteiger partial charge is 0.226 e. The summed E-state index contributed by atoms with van der Waals surface area (Å²) in [6.45, 7) is 8.42. The van der Waals surface area contributed by atoms with E-state index in [1.54, 1.807) is 0 Å². The monoisotopic (exact) mass is 411 g/mol. The summed E-state index contributed by atoms with van der Waals surface area (Å²) in [5, 5.41) is 16.3. The summed E-state index contributed by atoms with van der Waals surface area (Å²) in [7, 11) is 0. The molecule has 0 bridgehead atoms. The number of amides is 1. The second kappa shape index (κ2) is 8.74. The molecule has 152 valence electrons. The van der Waals surface area contributed by atoms with Crippen LogP contribution in [0.2, 0.25) is 5.02 Å². The van der Waals surface area contributed by atoms with Crippen LogP contribution in [-0.2, 0) is 17.8 Å². The number of nitrogens with zero attached hydrogens (tertiary/aromatic N) is 4. The Labute approximate surface area is 176 Å². The van der Waals surface area contributed by atoms with E-state index in [0.29, 0.717) is 29.7 Å². The lowest BCUT2D eigenvalue weighted by Gasteiger charge is -2.22. The minimum Gasteiger partial charge on any atom is -0.351 e. The lowest BCUT2D eigenvalue weighted by molar-refractivity contribution is -0.129. The van der Waals surface area contributed by atoms with Crippen molar-refractivity contribution in [1.29, 1.82) is 0 Å². The zero-order valence-electron chi connectivity index (χ0n) is 17.2. The Morgan fingerprint density at radius 3 is 2.48 bits per heavy atom. The van der Waals surface area contributed by atoms with Crippen molar-refractivity contribution in [2.75, 3.05) is 0 Å². The van der Waals surface area contributed by atoms with E-state index in [1.807, 2.05) is 50.2 Å². The SMILES string of the molecule is CC(C)c1ccc(-n2nnc(CC(C)(C)C(=O)NCc3ccccc3Cl)n2)cc1. The molecule has 7 heteroatoms. The van der Waals surface area contributed by atoms with Crippen LogP contribution in [0.1, 0.15) is 50.6 Å². The number of carbonyl (C=O) groups excluding carboxylic acids is 1. The zero-order chi connectivity index (χ0) is 21.0. The summed E-state index contributed by atoms with van der Waals surface area (Å²) in [5.41, 5.74) is 2.29. The number of hydrogen-bond acceptors (Lipinski definition) is 4. The Hall–Kier alpha value is -2.73. The van der Waals surface area contributed by atoms with Crippen LogP contribution in [0.15, 0.2) is 48.5 Å². The average Bonchev–Trinajstić information content (AvgIpc) is 3.15. The van der Waals surface area contributed by atoms with Crippen molar-refractivity contribution >= 4 is 17.5 Å². The number of tetrazole rings is 1. The van der Waals surface area contributed by atoms with Crippen molar-refractivity contribution in [2.24, 2.45) is 5.41 Å². The highest BCUT2D eigenvalue weighted by atomic mass is 35.5. The highest BCUT2D eigenvalue weighted by Gasteiger charge is 2.30. The molecule has 0 aliphatic carbocycles. The lowest BCUT2D eigenvalue weighted by atomic mass is 9.88. The predicted molar refractivity (Wildman–Crippen MR) is 114 cm³/mol. The third-order valence-electron chi connectivity index (χ3n) is 4.86. The van der Waals surface area contributed by atoms with Gasteiger partial charge in [-0.25, -0.2) is 0 Å². The van der Waals surface area contributed by atoms with Crippen molar-refractivity contribution in [1.82, 2.24) is 25.5 Å². The Bertz CT molecular complexity index is 979. The first-order valence-electron chi connectivity index (χ1n) is 9.67. The van der Waals surface area contributed by atoms with Crippen LogP contribution >= 0.6 is 11.6 Å². The number of rotatable bonds is 7. The second-order valence-corrected chi connectivity index (χ2v) is 8.48. The summed E-state index contributed by atoms with van der Waals surface area (Å²) in [6.07, 6.45) is 0.380. The Balaban J connectivity index is 1.64. The van der Waals surface area contributed by atoms with E-state index in [9.17, 15) is 4.79 Å². The van der Waals surface area contributed by atoms with Crippen molar-refractivity contribution in [3.05, 3.63) is 70.5 Å². The highest BCUT2D eigenvalue weighted by Crippen LogP contribution is 2.22. The summed E-state index contributed by atoms with van der Waals surface area (Å²) in [6, 6.07) is 15.5. The van der Waals surface area contributed by atoms with Gasteiger partial charge in [0.2, 0.25) is 5.91 Å². The van der Waals surface area contributed by atoms with Gasteiger partial charge in [0.25, 0.3) is 0 Å². The van der Waals surface area contributed by atoms with Crippen LogP contribution in [0, 0.1) is 5.41 Å². The number of halogens is 1. The first kappa shape index (κ1) is 21.0. The van der Waals surface area contributed by atoms with Crippen molar-refractivity contribution in [2.45, 2.75) is 46.6 Å². The lowest BCUT2D eigenvalue weighted by Crippen LogP contribution is -2.38.